The molecule has 1 N–H and O–H groups in total. The van der Waals surface area contributed by atoms with Crippen molar-refractivity contribution in [2.75, 3.05) is 0 Å². The third kappa shape index (κ3) is 3.41. The van der Waals surface area contributed by atoms with Gasteiger partial charge in [0.25, 0.3) is 0 Å². The third-order valence-corrected chi connectivity index (χ3v) is 3.73. The zero-order valence-corrected chi connectivity index (χ0v) is 11.7. The van der Waals surface area contributed by atoms with Crippen molar-refractivity contribution < 1.29 is 14.0 Å². The number of halogens is 1. The molecule has 0 spiro atoms. The van der Waals surface area contributed by atoms with Crippen molar-refractivity contribution in [1.29, 1.82) is 0 Å². The number of aromatic hydroxyl groups is 1. The Balaban J connectivity index is 1.69. The van der Waals surface area contributed by atoms with Gasteiger partial charge < -0.3 is 9.63 Å². The second-order valence-electron chi connectivity index (χ2n) is 4.30. The molecular weight excluding hydrogens is 291 g/mol. The van der Waals surface area contributed by atoms with E-state index in [2.05, 4.69) is 10.1 Å². The van der Waals surface area contributed by atoms with E-state index in [-0.39, 0.29) is 11.6 Å². The molecule has 6 heteroatoms. The van der Waals surface area contributed by atoms with Gasteiger partial charge in [-0.25, -0.2) is 4.39 Å². The molecule has 0 aliphatic rings. The average molecular weight is 302 g/mol. The molecule has 0 bridgehead atoms. The summed E-state index contributed by atoms with van der Waals surface area (Å²) in [7, 11) is 0. The van der Waals surface area contributed by atoms with E-state index in [1.165, 1.54) is 23.9 Å². The Bertz CT molecular complexity index is 743. The van der Waals surface area contributed by atoms with Crippen molar-refractivity contribution >= 4 is 11.8 Å². The Hall–Kier alpha value is -2.34. The smallest absolute Gasteiger partial charge is 0.237 e. The molecule has 21 heavy (non-hydrogen) atoms. The van der Waals surface area contributed by atoms with E-state index in [0.717, 1.165) is 4.90 Å². The molecule has 0 fully saturated rings. The molecule has 3 rings (SSSR count). The first-order valence-corrected chi connectivity index (χ1v) is 7.19. The maximum Gasteiger partial charge on any atom is 0.237 e. The molecule has 0 saturated carbocycles. The molecule has 0 atom stereocenters. The topological polar surface area (TPSA) is 59.2 Å². The zero-order chi connectivity index (χ0) is 14.7. The quantitative estimate of drug-likeness (QED) is 0.741. The van der Waals surface area contributed by atoms with E-state index in [1.807, 2.05) is 6.07 Å². The third-order valence-electron chi connectivity index (χ3n) is 2.75. The van der Waals surface area contributed by atoms with Gasteiger partial charge in [0, 0.05) is 10.5 Å². The largest absolute Gasteiger partial charge is 0.508 e. The van der Waals surface area contributed by atoms with Crippen LogP contribution in [0, 0.1) is 5.82 Å². The number of phenols is 1. The van der Waals surface area contributed by atoms with Gasteiger partial charge in [-0.2, -0.15) is 4.98 Å². The van der Waals surface area contributed by atoms with Gasteiger partial charge in [-0.1, -0.05) is 11.2 Å². The van der Waals surface area contributed by atoms with Gasteiger partial charge in [0.15, 0.2) is 0 Å². The van der Waals surface area contributed by atoms with Crippen molar-refractivity contribution in [3.8, 4) is 17.1 Å². The molecule has 1 aromatic heterocycles. The van der Waals surface area contributed by atoms with Crippen molar-refractivity contribution in [2.24, 2.45) is 0 Å². The van der Waals surface area contributed by atoms with Crippen molar-refractivity contribution in [2.45, 2.75) is 10.6 Å². The molecule has 0 aliphatic carbocycles. The van der Waals surface area contributed by atoms with E-state index < -0.39 is 0 Å². The number of benzene rings is 2. The Morgan fingerprint density at radius 1 is 1.14 bits per heavy atom. The van der Waals surface area contributed by atoms with Gasteiger partial charge in [-0.15, -0.1) is 11.8 Å². The molecular formula is C15H11FN2O2S. The van der Waals surface area contributed by atoms with E-state index >= 15 is 0 Å². The fourth-order valence-electron chi connectivity index (χ4n) is 1.75. The maximum atomic E-state index is 12.9. The summed E-state index contributed by atoms with van der Waals surface area (Å²) in [5.41, 5.74) is 0.703. The summed E-state index contributed by atoms with van der Waals surface area (Å²) in [6.45, 7) is 0. The monoisotopic (exact) mass is 302 g/mol. The van der Waals surface area contributed by atoms with Gasteiger partial charge in [0.05, 0.1) is 5.75 Å². The van der Waals surface area contributed by atoms with Crippen molar-refractivity contribution in [3.05, 3.63) is 60.2 Å². The lowest BCUT2D eigenvalue weighted by Gasteiger charge is -1.98. The summed E-state index contributed by atoms with van der Waals surface area (Å²) >= 11 is 1.48. The number of hydrogen-bond donors (Lipinski definition) is 1. The highest BCUT2D eigenvalue weighted by Crippen LogP contribution is 2.26. The average Bonchev–Trinajstić information content (AvgIpc) is 2.95. The standard InChI is InChI=1S/C15H11FN2O2S/c16-11-6-4-10(5-7-11)15-17-14(20-18-15)9-21-13-3-1-2-12(19)8-13/h1-8,19H,9H2. The molecule has 106 valence electrons. The van der Waals surface area contributed by atoms with Crippen LogP contribution in [0.3, 0.4) is 0 Å². The Kier molecular flexibility index (Phi) is 3.87. The van der Waals surface area contributed by atoms with Gasteiger partial charge in [0.1, 0.15) is 11.6 Å². The minimum atomic E-state index is -0.304. The molecule has 0 radical (unpaired) electrons. The van der Waals surface area contributed by atoms with Crippen LogP contribution in [0.15, 0.2) is 57.9 Å². The van der Waals surface area contributed by atoms with Crippen LogP contribution in [0.1, 0.15) is 5.89 Å². The van der Waals surface area contributed by atoms with Crippen LogP contribution in [0.25, 0.3) is 11.4 Å². The Morgan fingerprint density at radius 3 is 2.71 bits per heavy atom. The van der Waals surface area contributed by atoms with Crippen molar-refractivity contribution in [1.82, 2.24) is 10.1 Å². The minimum Gasteiger partial charge on any atom is -0.508 e. The highest BCUT2D eigenvalue weighted by atomic mass is 32.2. The maximum absolute atomic E-state index is 12.9. The van der Waals surface area contributed by atoms with Gasteiger partial charge >= 0.3 is 0 Å². The highest BCUT2D eigenvalue weighted by Gasteiger charge is 2.09. The summed E-state index contributed by atoms with van der Waals surface area (Å²) in [6, 6.07) is 12.9. The van der Waals surface area contributed by atoms with Crippen molar-refractivity contribution in [3.63, 3.8) is 0 Å². The second kappa shape index (κ2) is 5.97. The molecule has 3 aromatic rings. The van der Waals surface area contributed by atoms with E-state index in [4.69, 9.17) is 4.52 Å². The molecule has 1 heterocycles. The van der Waals surface area contributed by atoms with Crippen LogP contribution in [0.4, 0.5) is 4.39 Å². The number of rotatable bonds is 4. The van der Waals surface area contributed by atoms with Gasteiger partial charge in [-0.3, -0.25) is 0 Å². The Morgan fingerprint density at radius 2 is 1.95 bits per heavy atom. The molecule has 0 aliphatic heterocycles. The van der Waals surface area contributed by atoms with Gasteiger partial charge in [-0.05, 0) is 42.5 Å². The van der Waals surface area contributed by atoms with Crippen LogP contribution in [-0.4, -0.2) is 15.2 Å². The van der Waals surface area contributed by atoms with Crippen LogP contribution in [0.2, 0.25) is 0 Å². The molecule has 0 amide bonds. The summed E-state index contributed by atoms with van der Waals surface area (Å²) in [5.74, 6) is 1.32. The summed E-state index contributed by atoms with van der Waals surface area (Å²) in [5, 5.41) is 13.3. The number of aromatic nitrogens is 2. The lowest BCUT2D eigenvalue weighted by Crippen LogP contribution is -1.83. The first-order chi connectivity index (χ1) is 10.2. The molecule has 0 saturated heterocycles. The molecule has 2 aromatic carbocycles. The number of thioether (sulfide) groups is 1. The van der Waals surface area contributed by atoms with E-state index in [0.29, 0.717) is 23.0 Å². The fraction of sp³-hybridized carbons (Fsp3) is 0.0667. The summed E-state index contributed by atoms with van der Waals surface area (Å²) < 4.78 is 18.0. The van der Waals surface area contributed by atoms with Crippen LogP contribution in [0.5, 0.6) is 5.75 Å². The second-order valence-corrected chi connectivity index (χ2v) is 5.35. The minimum absolute atomic E-state index is 0.220. The first-order valence-electron chi connectivity index (χ1n) is 6.21. The van der Waals surface area contributed by atoms with E-state index in [1.54, 1.807) is 30.3 Å². The zero-order valence-electron chi connectivity index (χ0n) is 10.9. The van der Waals surface area contributed by atoms with Crippen LogP contribution >= 0.6 is 11.8 Å². The fourth-order valence-corrected chi connectivity index (χ4v) is 2.53. The van der Waals surface area contributed by atoms with Crippen LogP contribution < -0.4 is 0 Å². The molecule has 4 nitrogen and oxygen atoms in total. The lowest BCUT2D eigenvalue weighted by molar-refractivity contribution is 0.391. The van der Waals surface area contributed by atoms with E-state index in [9.17, 15) is 9.50 Å². The lowest BCUT2D eigenvalue weighted by atomic mass is 10.2. The normalized spacial score (nSPS) is 10.7. The number of phenolic OH excluding ortho intramolecular Hbond substituents is 1. The Labute approximate surface area is 124 Å². The summed E-state index contributed by atoms with van der Waals surface area (Å²) in [4.78, 5) is 5.18. The molecule has 0 unspecified atom stereocenters. The first kappa shape index (κ1) is 13.6. The summed E-state index contributed by atoms with van der Waals surface area (Å²) in [6.07, 6.45) is 0. The highest BCUT2D eigenvalue weighted by molar-refractivity contribution is 7.98. The number of hydrogen-bond acceptors (Lipinski definition) is 5. The number of nitrogens with zero attached hydrogens (tertiary/aromatic N) is 2. The van der Waals surface area contributed by atoms with Crippen LogP contribution in [-0.2, 0) is 5.75 Å². The predicted octanol–water partition coefficient (Wildman–Crippen LogP) is 3.87. The van der Waals surface area contributed by atoms with Gasteiger partial charge in [0.2, 0.25) is 11.7 Å². The SMILES string of the molecule is Oc1cccc(SCc2nc(-c3ccc(F)cc3)no2)c1. The predicted molar refractivity (Wildman–Crippen MR) is 77.4 cm³/mol.